The number of amides is 1. The van der Waals surface area contributed by atoms with Gasteiger partial charge in [-0.05, 0) is 37.4 Å². The van der Waals surface area contributed by atoms with E-state index in [1.165, 1.54) is 25.7 Å². The molecule has 3 nitrogen and oxygen atoms in total. The van der Waals surface area contributed by atoms with Gasteiger partial charge in [0.1, 0.15) is 0 Å². The molecule has 21 heavy (non-hydrogen) atoms. The molecule has 1 fully saturated rings. The van der Waals surface area contributed by atoms with E-state index >= 15 is 0 Å². The fourth-order valence-electron chi connectivity index (χ4n) is 3.25. The lowest BCUT2D eigenvalue weighted by atomic mass is 10.0. The average molecular weight is 288 g/mol. The summed E-state index contributed by atoms with van der Waals surface area (Å²) in [5.41, 5.74) is 2.11. The molecule has 1 atom stereocenters. The Morgan fingerprint density at radius 1 is 1.29 bits per heavy atom. The van der Waals surface area contributed by atoms with Crippen LogP contribution >= 0.6 is 0 Å². The van der Waals surface area contributed by atoms with Gasteiger partial charge in [-0.2, -0.15) is 0 Å². The van der Waals surface area contributed by atoms with Crippen molar-refractivity contribution in [1.29, 1.82) is 0 Å². The average Bonchev–Trinajstić information content (AvgIpc) is 2.99. The second-order valence-corrected chi connectivity index (χ2v) is 6.10. The molecular formula is C18H28N2O. The van der Waals surface area contributed by atoms with E-state index in [1.54, 1.807) is 0 Å². The lowest BCUT2D eigenvalue weighted by Crippen LogP contribution is -2.20. The fraction of sp³-hybridized carbons (Fsp3) is 0.611. The normalized spacial score (nSPS) is 16.9. The van der Waals surface area contributed by atoms with Crippen LogP contribution in [0.2, 0.25) is 0 Å². The Labute approximate surface area is 128 Å². The molecule has 1 aromatic rings. The topological polar surface area (TPSA) is 41.1 Å². The third-order valence-electron chi connectivity index (χ3n) is 4.47. The number of anilines is 1. The van der Waals surface area contributed by atoms with Crippen molar-refractivity contribution >= 4 is 11.6 Å². The monoisotopic (exact) mass is 288 g/mol. The van der Waals surface area contributed by atoms with Crippen LogP contribution in [0.15, 0.2) is 24.3 Å². The van der Waals surface area contributed by atoms with Gasteiger partial charge < -0.3 is 10.6 Å². The van der Waals surface area contributed by atoms with E-state index < -0.39 is 0 Å². The summed E-state index contributed by atoms with van der Waals surface area (Å²) in [6, 6.07) is 8.34. The van der Waals surface area contributed by atoms with Gasteiger partial charge in [-0.1, -0.05) is 50.8 Å². The van der Waals surface area contributed by atoms with E-state index in [0.29, 0.717) is 6.42 Å². The van der Waals surface area contributed by atoms with Crippen LogP contribution in [-0.2, 0) is 4.79 Å². The fourth-order valence-corrected chi connectivity index (χ4v) is 3.25. The SMILES string of the molecule is CCNC(C)c1ccccc1NC(=O)CCC1CCCC1. The molecular weight excluding hydrogens is 260 g/mol. The Balaban J connectivity index is 1.90. The van der Waals surface area contributed by atoms with E-state index in [9.17, 15) is 4.79 Å². The van der Waals surface area contributed by atoms with Crippen LogP contribution in [0.25, 0.3) is 0 Å². The van der Waals surface area contributed by atoms with Crippen molar-refractivity contribution in [3.63, 3.8) is 0 Å². The molecule has 116 valence electrons. The van der Waals surface area contributed by atoms with Crippen molar-refractivity contribution in [2.24, 2.45) is 5.92 Å². The molecule has 1 aliphatic rings. The number of hydrogen-bond donors (Lipinski definition) is 2. The van der Waals surface area contributed by atoms with Gasteiger partial charge in [0.25, 0.3) is 0 Å². The molecule has 0 bridgehead atoms. The number of benzene rings is 1. The van der Waals surface area contributed by atoms with Crippen molar-refractivity contribution in [3.8, 4) is 0 Å². The van der Waals surface area contributed by atoms with Crippen LogP contribution < -0.4 is 10.6 Å². The van der Waals surface area contributed by atoms with Crippen LogP contribution in [0.1, 0.15) is 64.0 Å². The summed E-state index contributed by atoms with van der Waals surface area (Å²) >= 11 is 0. The molecule has 0 radical (unpaired) electrons. The summed E-state index contributed by atoms with van der Waals surface area (Å²) in [5, 5.41) is 6.50. The van der Waals surface area contributed by atoms with Gasteiger partial charge in [0.15, 0.2) is 0 Å². The lowest BCUT2D eigenvalue weighted by Gasteiger charge is -2.18. The number of carbonyl (C=O) groups excluding carboxylic acids is 1. The van der Waals surface area contributed by atoms with Crippen molar-refractivity contribution in [1.82, 2.24) is 5.32 Å². The minimum Gasteiger partial charge on any atom is -0.326 e. The zero-order valence-electron chi connectivity index (χ0n) is 13.3. The summed E-state index contributed by atoms with van der Waals surface area (Å²) < 4.78 is 0. The molecule has 1 amide bonds. The Bertz CT molecular complexity index is 452. The predicted molar refractivity (Wildman–Crippen MR) is 88.4 cm³/mol. The van der Waals surface area contributed by atoms with E-state index in [-0.39, 0.29) is 11.9 Å². The lowest BCUT2D eigenvalue weighted by molar-refractivity contribution is -0.116. The molecule has 0 spiro atoms. The first-order valence-corrected chi connectivity index (χ1v) is 8.33. The smallest absolute Gasteiger partial charge is 0.224 e. The Morgan fingerprint density at radius 3 is 2.71 bits per heavy atom. The Morgan fingerprint density at radius 2 is 2.00 bits per heavy atom. The number of rotatable bonds is 7. The maximum atomic E-state index is 12.2. The van der Waals surface area contributed by atoms with Gasteiger partial charge in [0.2, 0.25) is 5.91 Å². The molecule has 0 aliphatic heterocycles. The molecule has 0 heterocycles. The number of para-hydroxylation sites is 1. The molecule has 3 heteroatoms. The van der Waals surface area contributed by atoms with E-state index in [2.05, 4.69) is 30.5 Å². The number of carbonyl (C=O) groups is 1. The molecule has 1 unspecified atom stereocenters. The first-order valence-electron chi connectivity index (χ1n) is 8.33. The minimum absolute atomic E-state index is 0.151. The summed E-state index contributed by atoms with van der Waals surface area (Å²) in [7, 11) is 0. The summed E-state index contributed by atoms with van der Waals surface area (Å²) in [4.78, 5) is 12.2. The molecule has 0 saturated heterocycles. The van der Waals surface area contributed by atoms with Crippen LogP contribution in [0.5, 0.6) is 0 Å². The van der Waals surface area contributed by atoms with Crippen molar-refractivity contribution in [2.45, 2.75) is 58.4 Å². The summed E-state index contributed by atoms with van der Waals surface area (Å²) in [6.07, 6.45) is 6.98. The quantitative estimate of drug-likeness (QED) is 0.787. The predicted octanol–water partition coefficient (Wildman–Crippen LogP) is 4.27. The van der Waals surface area contributed by atoms with Crippen LogP contribution in [0.4, 0.5) is 5.69 Å². The van der Waals surface area contributed by atoms with Crippen LogP contribution in [-0.4, -0.2) is 12.5 Å². The third kappa shape index (κ3) is 4.85. The molecule has 0 aromatic heterocycles. The zero-order valence-corrected chi connectivity index (χ0v) is 13.3. The van der Waals surface area contributed by atoms with Gasteiger partial charge in [0, 0.05) is 18.2 Å². The highest BCUT2D eigenvalue weighted by molar-refractivity contribution is 5.91. The molecule has 1 aliphatic carbocycles. The van der Waals surface area contributed by atoms with E-state index in [0.717, 1.165) is 30.1 Å². The Hall–Kier alpha value is -1.35. The van der Waals surface area contributed by atoms with Crippen LogP contribution in [0, 0.1) is 5.92 Å². The largest absolute Gasteiger partial charge is 0.326 e. The Kier molecular flexibility index (Phi) is 6.24. The van der Waals surface area contributed by atoms with Crippen molar-refractivity contribution in [3.05, 3.63) is 29.8 Å². The second kappa shape index (κ2) is 8.18. The van der Waals surface area contributed by atoms with Gasteiger partial charge in [-0.25, -0.2) is 0 Å². The first-order chi connectivity index (χ1) is 10.2. The van der Waals surface area contributed by atoms with Gasteiger partial charge in [-0.15, -0.1) is 0 Å². The maximum absolute atomic E-state index is 12.2. The first kappa shape index (κ1) is 16.0. The van der Waals surface area contributed by atoms with Gasteiger partial charge >= 0.3 is 0 Å². The highest BCUT2D eigenvalue weighted by atomic mass is 16.1. The third-order valence-corrected chi connectivity index (χ3v) is 4.47. The highest BCUT2D eigenvalue weighted by Gasteiger charge is 2.17. The molecule has 1 aromatic carbocycles. The highest BCUT2D eigenvalue weighted by Crippen LogP contribution is 2.29. The zero-order chi connectivity index (χ0) is 15.1. The number of hydrogen-bond acceptors (Lipinski definition) is 2. The van der Waals surface area contributed by atoms with E-state index in [1.807, 2.05) is 18.2 Å². The summed E-state index contributed by atoms with van der Waals surface area (Å²) in [6.45, 7) is 5.15. The second-order valence-electron chi connectivity index (χ2n) is 6.10. The van der Waals surface area contributed by atoms with Gasteiger partial charge in [-0.3, -0.25) is 4.79 Å². The van der Waals surface area contributed by atoms with Gasteiger partial charge in [0.05, 0.1) is 0 Å². The summed E-state index contributed by atoms with van der Waals surface area (Å²) in [5.74, 6) is 0.921. The molecule has 2 rings (SSSR count). The minimum atomic E-state index is 0.151. The van der Waals surface area contributed by atoms with Crippen molar-refractivity contribution in [2.75, 3.05) is 11.9 Å². The maximum Gasteiger partial charge on any atom is 0.224 e. The van der Waals surface area contributed by atoms with Crippen LogP contribution in [0.3, 0.4) is 0 Å². The molecule has 2 N–H and O–H groups in total. The molecule has 1 saturated carbocycles. The number of nitrogens with one attached hydrogen (secondary N) is 2. The standard InChI is InChI=1S/C18H28N2O/c1-3-19-14(2)16-10-6-7-11-17(16)20-18(21)13-12-15-8-4-5-9-15/h6-7,10-11,14-15,19H,3-5,8-9,12-13H2,1-2H3,(H,20,21). The van der Waals surface area contributed by atoms with E-state index in [4.69, 9.17) is 0 Å². The van der Waals surface area contributed by atoms with Crippen molar-refractivity contribution < 1.29 is 4.79 Å².